The largest absolute Gasteiger partial charge is 0.344 e. The quantitative estimate of drug-likeness (QED) is 0.758. The fraction of sp³-hybridized carbons (Fsp3) is 0.423. The molecule has 1 aliphatic rings. The molecule has 1 saturated heterocycles. The maximum atomic E-state index is 13.3. The van der Waals surface area contributed by atoms with Gasteiger partial charge in [0.2, 0.25) is 11.8 Å². The number of rotatable bonds is 6. The summed E-state index contributed by atoms with van der Waals surface area (Å²) < 4.78 is 0. The van der Waals surface area contributed by atoms with E-state index < -0.39 is 6.04 Å². The van der Waals surface area contributed by atoms with Gasteiger partial charge in [0.05, 0.1) is 6.42 Å². The van der Waals surface area contributed by atoms with E-state index in [9.17, 15) is 14.4 Å². The Morgan fingerprint density at radius 1 is 1.00 bits per heavy atom. The number of carbonyl (C=O) groups is 3. The minimum Gasteiger partial charge on any atom is -0.344 e. The van der Waals surface area contributed by atoms with E-state index >= 15 is 0 Å². The lowest BCUT2D eigenvalue weighted by atomic mass is 10.0. The molecule has 1 N–H and O–H groups in total. The zero-order chi connectivity index (χ0) is 23.3. The maximum absolute atomic E-state index is 13.3. The van der Waals surface area contributed by atoms with Gasteiger partial charge in [-0.3, -0.25) is 14.4 Å². The topological polar surface area (TPSA) is 69.7 Å². The molecule has 6 heteroatoms. The van der Waals surface area contributed by atoms with Gasteiger partial charge >= 0.3 is 0 Å². The molecule has 1 fully saturated rings. The molecular formula is C26H33N3O3. The Morgan fingerprint density at radius 2 is 1.66 bits per heavy atom. The van der Waals surface area contributed by atoms with Crippen molar-refractivity contribution in [2.75, 3.05) is 19.6 Å². The van der Waals surface area contributed by atoms with Crippen LogP contribution in [0.25, 0.3) is 0 Å². The summed E-state index contributed by atoms with van der Waals surface area (Å²) in [4.78, 5) is 42.4. The summed E-state index contributed by atoms with van der Waals surface area (Å²) in [6.07, 6.45) is 0.243. The van der Waals surface area contributed by atoms with Crippen LogP contribution in [0, 0.1) is 12.8 Å². The second-order valence-corrected chi connectivity index (χ2v) is 8.95. The Bertz CT molecular complexity index is 941. The van der Waals surface area contributed by atoms with Gasteiger partial charge in [-0.05, 0) is 37.5 Å². The lowest BCUT2D eigenvalue weighted by Gasteiger charge is -2.41. The number of carbonyl (C=O) groups excluding carboxylic acids is 3. The van der Waals surface area contributed by atoms with E-state index in [2.05, 4.69) is 5.32 Å². The first-order chi connectivity index (χ1) is 15.3. The van der Waals surface area contributed by atoms with Gasteiger partial charge in [-0.1, -0.05) is 61.9 Å². The van der Waals surface area contributed by atoms with Crippen LogP contribution < -0.4 is 5.32 Å². The Kier molecular flexibility index (Phi) is 7.67. The molecule has 0 spiro atoms. The van der Waals surface area contributed by atoms with Crippen molar-refractivity contribution in [3.63, 3.8) is 0 Å². The lowest BCUT2D eigenvalue weighted by molar-refractivity contribution is -0.139. The molecule has 3 rings (SSSR count). The van der Waals surface area contributed by atoms with Crippen LogP contribution in [0.5, 0.6) is 0 Å². The highest BCUT2D eigenvalue weighted by molar-refractivity contribution is 5.95. The molecular weight excluding hydrogens is 402 g/mol. The standard InChI is InChI=1S/C26H33N3O3/c1-18(2)24(27-23(30)16-21-8-6-5-7-9-21)26(32)28-14-15-29(20(4)17-28)25(31)22-12-10-19(3)11-13-22/h5-13,18,20,24H,14-17H2,1-4H3,(H,27,30). The minimum absolute atomic E-state index is 0.0128. The lowest BCUT2D eigenvalue weighted by Crippen LogP contribution is -2.60. The average molecular weight is 436 g/mol. The van der Waals surface area contributed by atoms with Crippen LogP contribution in [0.4, 0.5) is 0 Å². The highest BCUT2D eigenvalue weighted by Gasteiger charge is 2.34. The van der Waals surface area contributed by atoms with Gasteiger partial charge in [0.15, 0.2) is 0 Å². The SMILES string of the molecule is Cc1ccc(C(=O)N2CCN(C(=O)C(NC(=O)Cc3ccccc3)C(C)C)CC2C)cc1. The van der Waals surface area contributed by atoms with Gasteiger partial charge in [-0.15, -0.1) is 0 Å². The smallest absolute Gasteiger partial charge is 0.254 e. The van der Waals surface area contributed by atoms with Gasteiger partial charge in [-0.2, -0.15) is 0 Å². The van der Waals surface area contributed by atoms with E-state index in [1.54, 1.807) is 4.90 Å². The van der Waals surface area contributed by atoms with Crippen LogP contribution in [-0.4, -0.2) is 59.2 Å². The summed E-state index contributed by atoms with van der Waals surface area (Å²) in [6.45, 7) is 9.21. The zero-order valence-electron chi connectivity index (χ0n) is 19.4. The Labute approximate surface area is 190 Å². The molecule has 2 atom stereocenters. The highest BCUT2D eigenvalue weighted by atomic mass is 16.2. The van der Waals surface area contributed by atoms with Crippen molar-refractivity contribution < 1.29 is 14.4 Å². The predicted molar refractivity (Wildman–Crippen MR) is 125 cm³/mol. The van der Waals surface area contributed by atoms with E-state index in [0.717, 1.165) is 11.1 Å². The van der Waals surface area contributed by atoms with E-state index in [1.807, 2.05) is 87.2 Å². The van der Waals surface area contributed by atoms with Crippen LogP contribution in [-0.2, 0) is 16.0 Å². The van der Waals surface area contributed by atoms with Gasteiger partial charge in [-0.25, -0.2) is 0 Å². The van der Waals surface area contributed by atoms with Gasteiger partial charge < -0.3 is 15.1 Å². The summed E-state index contributed by atoms with van der Waals surface area (Å²) in [5.74, 6) is -0.300. The van der Waals surface area contributed by atoms with Crippen molar-refractivity contribution in [3.05, 3.63) is 71.3 Å². The fourth-order valence-corrected chi connectivity index (χ4v) is 4.04. The van der Waals surface area contributed by atoms with Crippen molar-refractivity contribution in [1.82, 2.24) is 15.1 Å². The molecule has 0 bridgehead atoms. The first kappa shape index (κ1) is 23.5. The number of hydrogen-bond acceptors (Lipinski definition) is 3. The number of aryl methyl sites for hydroxylation is 1. The van der Waals surface area contributed by atoms with Crippen LogP contribution in [0.2, 0.25) is 0 Å². The number of benzene rings is 2. The zero-order valence-corrected chi connectivity index (χ0v) is 19.4. The van der Waals surface area contributed by atoms with E-state index in [0.29, 0.717) is 25.2 Å². The monoisotopic (exact) mass is 435 g/mol. The molecule has 0 aliphatic carbocycles. The first-order valence-corrected chi connectivity index (χ1v) is 11.3. The minimum atomic E-state index is -0.585. The maximum Gasteiger partial charge on any atom is 0.254 e. The number of piperazine rings is 1. The van der Waals surface area contributed by atoms with Gasteiger partial charge in [0.1, 0.15) is 6.04 Å². The number of nitrogens with one attached hydrogen (secondary N) is 1. The van der Waals surface area contributed by atoms with E-state index in [1.165, 1.54) is 0 Å². The molecule has 1 aliphatic heterocycles. The van der Waals surface area contributed by atoms with Gasteiger partial charge in [0, 0.05) is 31.2 Å². The third-order valence-corrected chi connectivity index (χ3v) is 5.96. The normalized spacial score (nSPS) is 17.2. The fourth-order valence-electron chi connectivity index (χ4n) is 4.04. The van der Waals surface area contributed by atoms with Crippen LogP contribution in [0.15, 0.2) is 54.6 Å². The Balaban J connectivity index is 1.61. The average Bonchev–Trinajstić information content (AvgIpc) is 2.77. The van der Waals surface area contributed by atoms with E-state index in [4.69, 9.17) is 0 Å². The summed E-state index contributed by atoms with van der Waals surface area (Å²) in [7, 11) is 0. The van der Waals surface area contributed by atoms with Crippen LogP contribution in [0.3, 0.4) is 0 Å². The number of nitrogens with zero attached hydrogens (tertiary/aromatic N) is 2. The third kappa shape index (κ3) is 5.75. The first-order valence-electron chi connectivity index (χ1n) is 11.3. The molecule has 2 unspecified atom stereocenters. The molecule has 6 nitrogen and oxygen atoms in total. The third-order valence-electron chi connectivity index (χ3n) is 5.96. The molecule has 0 aromatic heterocycles. The van der Waals surface area contributed by atoms with Crippen molar-refractivity contribution in [2.24, 2.45) is 5.92 Å². The van der Waals surface area contributed by atoms with Crippen molar-refractivity contribution in [3.8, 4) is 0 Å². The van der Waals surface area contributed by atoms with Crippen molar-refractivity contribution in [1.29, 1.82) is 0 Å². The summed E-state index contributed by atoms with van der Waals surface area (Å²) in [5.41, 5.74) is 2.69. The summed E-state index contributed by atoms with van der Waals surface area (Å²) >= 11 is 0. The van der Waals surface area contributed by atoms with Crippen molar-refractivity contribution in [2.45, 2.75) is 46.2 Å². The molecule has 0 radical (unpaired) electrons. The molecule has 2 aromatic carbocycles. The number of hydrogen-bond donors (Lipinski definition) is 1. The van der Waals surface area contributed by atoms with Crippen molar-refractivity contribution >= 4 is 17.7 Å². The molecule has 170 valence electrons. The van der Waals surface area contributed by atoms with Gasteiger partial charge in [0.25, 0.3) is 5.91 Å². The van der Waals surface area contributed by atoms with E-state index in [-0.39, 0.29) is 36.1 Å². The Morgan fingerprint density at radius 3 is 2.25 bits per heavy atom. The Hall–Kier alpha value is -3.15. The second-order valence-electron chi connectivity index (χ2n) is 8.95. The number of amides is 3. The highest BCUT2D eigenvalue weighted by Crippen LogP contribution is 2.17. The summed E-state index contributed by atoms with van der Waals surface area (Å²) in [5, 5.41) is 2.93. The van der Waals surface area contributed by atoms with Crippen LogP contribution >= 0.6 is 0 Å². The predicted octanol–water partition coefficient (Wildman–Crippen LogP) is 3.05. The molecule has 0 saturated carbocycles. The molecule has 32 heavy (non-hydrogen) atoms. The van der Waals surface area contributed by atoms with Crippen LogP contribution in [0.1, 0.15) is 42.3 Å². The molecule has 3 amide bonds. The molecule has 1 heterocycles. The summed E-state index contributed by atoms with van der Waals surface area (Å²) in [6, 6.07) is 16.4. The second kappa shape index (κ2) is 10.4. The molecule has 2 aromatic rings.